The molecule has 4 rings (SSSR count). The number of hydrogen-bond acceptors (Lipinski definition) is 4. The highest BCUT2D eigenvalue weighted by atomic mass is 127. The van der Waals surface area contributed by atoms with Gasteiger partial charge in [0.2, 0.25) is 0 Å². The second-order valence-electron chi connectivity index (χ2n) is 5.65. The van der Waals surface area contributed by atoms with Crippen molar-refractivity contribution >= 4 is 39.3 Å². The summed E-state index contributed by atoms with van der Waals surface area (Å²) in [6.45, 7) is 4.09. The third kappa shape index (κ3) is 2.16. The summed E-state index contributed by atoms with van der Waals surface area (Å²) in [5, 5.41) is 1.17. The van der Waals surface area contributed by atoms with E-state index in [1.807, 2.05) is 0 Å². The molecule has 1 atom stereocenters. The summed E-state index contributed by atoms with van der Waals surface area (Å²) in [4.78, 5) is 11.2. The number of aromatic nitrogens is 2. The van der Waals surface area contributed by atoms with E-state index < -0.39 is 0 Å². The van der Waals surface area contributed by atoms with Crippen LogP contribution in [-0.4, -0.2) is 36.3 Å². The van der Waals surface area contributed by atoms with Gasteiger partial charge >= 0.3 is 0 Å². The molecular formula is C15H16IN3O. The predicted molar refractivity (Wildman–Crippen MR) is 86.9 cm³/mol. The molecule has 0 bridgehead atoms. The fraction of sp³-hybridized carbons (Fsp3) is 0.467. The number of benzene rings is 1. The van der Waals surface area contributed by atoms with E-state index in [1.165, 1.54) is 15.4 Å². The lowest BCUT2D eigenvalue weighted by Crippen LogP contribution is -2.50. The second-order valence-corrected chi connectivity index (χ2v) is 6.89. The van der Waals surface area contributed by atoms with Crippen LogP contribution in [0.4, 0.5) is 5.82 Å². The molecule has 0 aliphatic carbocycles. The molecule has 2 fully saturated rings. The van der Waals surface area contributed by atoms with Crippen LogP contribution in [-0.2, 0) is 4.74 Å². The molecule has 0 spiro atoms. The van der Waals surface area contributed by atoms with Gasteiger partial charge in [-0.15, -0.1) is 0 Å². The molecule has 0 N–H and O–H groups in total. The van der Waals surface area contributed by atoms with Gasteiger partial charge in [-0.3, -0.25) is 0 Å². The number of halogens is 1. The number of hydrogen-bond donors (Lipinski definition) is 0. The Morgan fingerprint density at radius 1 is 1.20 bits per heavy atom. The second kappa shape index (κ2) is 5.11. The summed E-state index contributed by atoms with van der Waals surface area (Å²) in [7, 11) is 0. The van der Waals surface area contributed by atoms with Crippen LogP contribution in [0.15, 0.2) is 24.5 Å². The van der Waals surface area contributed by atoms with Crippen molar-refractivity contribution in [2.24, 2.45) is 11.8 Å². The summed E-state index contributed by atoms with van der Waals surface area (Å²) in [6, 6.07) is 6.34. The summed E-state index contributed by atoms with van der Waals surface area (Å²) >= 11 is 2.34. The van der Waals surface area contributed by atoms with Gasteiger partial charge in [0, 0.05) is 35.3 Å². The van der Waals surface area contributed by atoms with Crippen LogP contribution >= 0.6 is 22.6 Å². The summed E-state index contributed by atoms with van der Waals surface area (Å²) < 4.78 is 6.72. The number of rotatable bonds is 2. The summed E-state index contributed by atoms with van der Waals surface area (Å²) in [5.74, 6) is 2.61. The molecule has 4 nitrogen and oxygen atoms in total. The number of ether oxygens (including phenoxy) is 1. The van der Waals surface area contributed by atoms with Crippen molar-refractivity contribution in [3.8, 4) is 0 Å². The van der Waals surface area contributed by atoms with E-state index in [0.29, 0.717) is 0 Å². The zero-order chi connectivity index (χ0) is 13.5. The minimum absolute atomic E-state index is 0.750. The lowest BCUT2D eigenvalue weighted by Gasteiger charge is -2.43. The lowest BCUT2D eigenvalue weighted by molar-refractivity contribution is 0.163. The van der Waals surface area contributed by atoms with E-state index in [1.54, 1.807) is 6.33 Å². The molecule has 20 heavy (non-hydrogen) atoms. The van der Waals surface area contributed by atoms with Crippen molar-refractivity contribution in [1.82, 2.24) is 9.97 Å². The first-order valence-electron chi connectivity index (χ1n) is 7.04. The van der Waals surface area contributed by atoms with E-state index in [9.17, 15) is 0 Å². The van der Waals surface area contributed by atoms with Crippen molar-refractivity contribution in [1.29, 1.82) is 0 Å². The zero-order valence-corrected chi connectivity index (χ0v) is 13.3. The average molecular weight is 381 g/mol. The van der Waals surface area contributed by atoms with Gasteiger partial charge in [-0.05, 0) is 59.0 Å². The average Bonchev–Trinajstić information content (AvgIpc) is 2.91. The standard InChI is InChI=1S/C15H16IN3O/c16-12-1-2-14-13(5-12)15(18-9-17-14)19-6-11(7-19)10-3-4-20-8-10/h1-2,5,9-11H,3-4,6-8H2. The van der Waals surface area contributed by atoms with Gasteiger partial charge in [0.05, 0.1) is 5.52 Å². The molecule has 3 heterocycles. The van der Waals surface area contributed by atoms with Crippen molar-refractivity contribution < 1.29 is 4.74 Å². The van der Waals surface area contributed by atoms with Gasteiger partial charge in [0.1, 0.15) is 12.1 Å². The van der Waals surface area contributed by atoms with Crippen LogP contribution in [0.5, 0.6) is 0 Å². The molecular weight excluding hydrogens is 365 g/mol. The molecule has 2 saturated heterocycles. The fourth-order valence-electron chi connectivity index (χ4n) is 3.18. The fourth-order valence-corrected chi connectivity index (χ4v) is 3.67. The maximum atomic E-state index is 5.50. The van der Waals surface area contributed by atoms with Gasteiger partial charge in [-0.1, -0.05) is 0 Å². The summed E-state index contributed by atoms with van der Waals surface area (Å²) in [6.07, 6.45) is 2.90. The van der Waals surface area contributed by atoms with E-state index >= 15 is 0 Å². The zero-order valence-electron chi connectivity index (χ0n) is 11.1. The normalized spacial score (nSPS) is 23.2. The number of fused-ring (bicyclic) bond motifs is 1. The Bertz CT molecular complexity index is 636. The van der Waals surface area contributed by atoms with Crippen molar-refractivity contribution in [3.63, 3.8) is 0 Å². The Kier molecular flexibility index (Phi) is 3.26. The quantitative estimate of drug-likeness (QED) is 0.750. The molecule has 104 valence electrons. The highest BCUT2D eigenvalue weighted by molar-refractivity contribution is 14.1. The van der Waals surface area contributed by atoms with E-state index in [0.717, 1.165) is 49.5 Å². The molecule has 2 aliphatic rings. The third-order valence-electron chi connectivity index (χ3n) is 4.42. The Balaban J connectivity index is 1.59. The van der Waals surface area contributed by atoms with Gasteiger partial charge in [-0.2, -0.15) is 0 Å². The molecule has 0 saturated carbocycles. The molecule has 5 heteroatoms. The highest BCUT2D eigenvalue weighted by Crippen LogP contribution is 2.35. The Labute approximate surface area is 131 Å². The van der Waals surface area contributed by atoms with Crippen LogP contribution in [0.25, 0.3) is 10.9 Å². The van der Waals surface area contributed by atoms with Gasteiger partial charge in [0.15, 0.2) is 0 Å². The third-order valence-corrected chi connectivity index (χ3v) is 5.09. The molecule has 0 amide bonds. The van der Waals surface area contributed by atoms with Crippen LogP contribution in [0.2, 0.25) is 0 Å². The van der Waals surface area contributed by atoms with Crippen LogP contribution in [0.3, 0.4) is 0 Å². The van der Waals surface area contributed by atoms with Crippen LogP contribution in [0, 0.1) is 15.4 Å². The smallest absolute Gasteiger partial charge is 0.139 e. The molecule has 0 radical (unpaired) electrons. The van der Waals surface area contributed by atoms with Gasteiger partial charge in [0.25, 0.3) is 0 Å². The Hall–Kier alpha value is -0.950. The van der Waals surface area contributed by atoms with Crippen molar-refractivity contribution in [2.45, 2.75) is 6.42 Å². The van der Waals surface area contributed by atoms with Crippen molar-refractivity contribution in [3.05, 3.63) is 28.1 Å². The first-order chi connectivity index (χ1) is 9.81. The SMILES string of the molecule is Ic1ccc2ncnc(N3CC(C4CCOC4)C3)c2c1. The Morgan fingerprint density at radius 2 is 2.10 bits per heavy atom. The Morgan fingerprint density at radius 3 is 2.90 bits per heavy atom. The van der Waals surface area contributed by atoms with Gasteiger partial charge in [-0.25, -0.2) is 9.97 Å². The number of anilines is 1. The predicted octanol–water partition coefficient (Wildman–Crippen LogP) is 2.71. The highest BCUT2D eigenvalue weighted by Gasteiger charge is 2.36. The first-order valence-corrected chi connectivity index (χ1v) is 8.12. The molecule has 2 aliphatic heterocycles. The van der Waals surface area contributed by atoms with Crippen molar-refractivity contribution in [2.75, 3.05) is 31.2 Å². The monoisotopic (exact) mass is 381 g/mol. The first kappa shape index (κ1) is 12.8. The molecule has 2 aromatic rings. The minimum atomic E-state index is 0.750. The largest absolute Gasteiger partial charge is 0.381 e. The maximum Gasteiger partial charge on any atom is 0.139 e. The maximum absolute atomic E-state index is 5.50. The van der Waals surface area contributed by atoms with E-state index in [4.69, 9.17) is 4.74 Å². The summed E-state index contributed by atoms with van der Waals surface area (Å²) in [5.41, 5.74) is 1.03. The van der Waals surface area contributed by atoms with E-state index in [2.05, 4.69) is 55.7 Å². The van der Waals surface area contributed by atoms with E-state index in [-0.39, 0.29) is 0 Å². The molecule has 1 aromatic heterocycles. The lowest BCUT2D eigenvalue weighted by atomic mass is 9.85. The topological polar surface area (TPSA) is 38.2 Å². The number of nitrogens with zero attached hydrogens (tertiary/aromatic N) is 3. The van der Waals surface area contributed by atoms with Crippen LogP contribution < -0.4 is 4.90 Å². The minimum Gasteiger partial charge on any atom is -0.381 e. The van der Waals surface area contributed by atoms with Crippen LogP contribution in [0.1, 0.15) is 6.42 Å². The van der Waals surface area contributed by atoms with Gasteiger partial charge < -0.3 is 9.64 Å². The molecule has 1 unspecified atom stereocenters. The molecule has 1 aromatic carbocycles.